The van der Waals surface area contributed by atoms with Crippen LogP contribution in [0.3, 0.4) is 0 Å². The Morgan fingerprint density at radius 2 is 1.90 bits per heavy atom. The number of benzene rings is 1. The van der Waals surface area contributed by atoms with Crippen molar-refractivity contribution < 1.29 is 24.2 Å². The molecule has 0 saturated carbocycles. The van der Waals surface area contributed by atoms with Crippen LogP contribution < -0.4 is 4.74 Å². The summed E-state index contributed by atoms with van der Waals surface area (Å²) in [5, 5.41) is 9.61. The molecule has 1 amide bonds. The molecule has 0 atom stereocenters. The van der Waals surface area contributed by atoms with Crippen molar-refractivity contribution in [2.75, 3.05) is 19.7 Å². The summed E-state index contributed by atoms with van der Waals surface area (Å²) in [6.07, 6.45) is -0.773. The van der Waals surface area contributed by atoms with Gasteiger partial charge in [-0.2, -0.15) is 0 Å². The zero-order valence-corrected chi connectivity index (χ0v) is 11.5. The van der Waals surface area contributed by atoms with E-state index in [1.807, 2.05) is 0 Å². The molecule has 0 radical (unpaired) electrons. The molecule has 2 rings (SSSR count). The van der Waals surface area contributed by atoms with Gasteiger partial charge in [0, 0.05) is 5.56 Å². The maximum Gasteiger partial charge on any atom is 0.513 e. The van der Waals surface area contributed by atoms with E-state index >= 15 is 0 Å². The zero-order chi connectivity index (χ0) is 14.8. The Labute approximate surface area is 116 Å². The molecule has 0 unspecified atom stereocenters. The van der Waals surface area contributed by atoms with E-state index in [2.05, 4.69) is 4.74 Å². The van der Waals surface area contributed by atoms with Gasteiger partial charge in [-0.25, -0.2) is 4.79 Å². The highest BCUT2D eigenvalue weighted by atomic mass is 16.7. The molecule has 1 N–H and O–H groups in total. The van der Waals surface area contributed by atoms with Gasteiger partial charge in [0.25, 0.3) is 5.91 Å². The lowest BCUT2D eigenvalue weighted by molar-refractivity contribution is -0.0668. The van der Waals surface area contributed by atoms with Gasteiger partial charge < -0.3 is 19.5 Å². The van der Waals surface area contributed by atoms with E-state index in [0.717, 1.165) is 0 Å². The first-order valence-electron chi connectivity index (χ1n) is 6.37. The highest BCUT2D eigenvalue weighted by Crippen LogP contribution is 2.23. The highest BCUT2D eigenvalue weighted by Gasteiger charge is 2.39. The number of ether oxygens (including phenoxy) is 2. The molecule has 0 aromatic heterocycles. The van der Waals surface area contributed by atoms with E-state index in [-0.39, 0.29) is 12.5 Å². The molecule has 1 heterocycles. The maximum atomic E-state index is 12.0. The Bertz CT molecular complexity index is 501. The van der Waals surface area contributed by atoms with Crippen LogP contribution in [0.5, 0.6) is 5.75 Å². The molecule has 6 heteroatoms. The Morgan fingerprint density at radius 1 is 1.30 bits per heavy atom. The fraction of sp³-hybridized carbons (Fsp3) is 0.429. The molecule has 1 aliphatic heterocycles. The van der Waals surface area contributed by atoms with Crippen molar-refractivity contribution in [1.82, 2.24) is 4.90 Å². The van der Waals surface area contributed by atoms with Crippen LogP contribution in [0, 0.1) is 0 Å². The van der Waals surface area contributed by atoms with Gasteiger partial charge in [0.05, 0.1) is 25.3 Å². The molecule has 20 heavy (non-hydrogen) atoms. The van der Waals surface area contributed by atoms with Gasteiger partial charge in [0.15, 0.2) is 0 Å². The van der Waals surface area contributed by atoms with Crippen LogP contribution in [-0.4, -0.2) is 47.4 Å². The number of nitrogens with zero attached hydrogens (tertiary/aromatic N) is 1. The molecule has 0 aliphatic carbocycles. The van der Waals surface area contributed by atoms with Crippen LogP contribution >= 0.6 is 0 Å². The Balaban J connectivity index is 1.95. The minimum absolute atomic E-state index is 0.154. The van der Waals surface area contributed by atoms with Crippen molar-refractivity contribution >= 4 is 12.1 Å². The summed E-state index contributed by atoms with van der Waals surface area (Å²) >= 11 is 0. The van der Waals surface area contributed by atoms with E-state index < -0.39 is 11.8 Å². The largest absolute Gasteiger partial charge is 0.513 e. The van der Waals surface area contributed by atoms with Crippen molar-refractivity contribution in [2.24, 2.45) is 0 Å². The number of carbonyl (C=O) groups is 2. The topological polar surface area (TPSA) is 76.1 Å². The molecule has 6 nitrogen and oxygen atoms in total. The van der Waals surface area contributed by atoms with Crippen LogP contribution in [0.15, 0.2) is 24.3 Å². The molecular formula is C14H17NO5. The second-order valence-electron chi connectivity index (χ2n) is 4.97. The second-order valence-corrected chi connectivity index (χ2v) is 4.97. The predicted molar refractivity (Wildman–Crippen MR) is 70.6 cm³/mol. The summed E-state index contributed by atoms with van der Waals surface area (Å²) in [5.74, 6) is 0.162. The number of hydrogen-bond acceptors (Lipinski definition) is 5. The number of likely N-dealkylation sites (tertiary alicyclic amines) is 1. The van der Waals surface area contributed by atoms with Crippen molar-refractivity contribution in [1.29, 1.82) is 0 Å². The predicted octanol–water partition coefficient (Wildman–Crippen LogP) is 1.43. The number of hydrogen-bond donors (Lipinski definition) is 1. The molecule has 0 spiro atoms. The van der Waals surface area contributed by atoms with Gasteiger partial charge in [-0.05, 0) is 38.1 Å². The van der Waals surface area contributed by atoms with Crippen molar-refractivity contribution in [3.63, 3.8) is 0 Å². The van der Waals surface area contributed by atoms with E-state index in [1.54, 1.807) is 30.9 Å². The summed E-state index contributed by atoms with van der Waals surface area (Å²) in [6.45, 7) is 4.27. The highest BCUT2D eigenvalue weighted by molar-refractivity contribution is 5.95. The smallest absolute Gasteiger partial charge is 0.434 e. The number of aliphatic hydroxyl groups is 1. The summed E-state index contributed by atoms with van der Waals surface area (Å²) in [7, 11) is 0. The van der Waals surface area contributed by atoms with Crippen molar-refractivity contribution in [2.45, 2.75) is 19.4 Å². The van der Waals surface area contributed by atoms with E-state index in [9.17, 15) is 14.7 Å². The van der Waals surface area contributed by atoms with Crippen LogP contribution in [0.4, 0.5) is 4.79 Å². The molecule has 108 valence electrons. The van der Waals surface area contributed by atoms with Crippen molar-refractivity contribution in [3.8, 4) is 5.75 Å². The summed E-state index contributed by atoms with van der Waals surface area (Å²) in [5.41, 5.74) is -0.306. The lowest BCUT2D eigenvalue weighted by Gasteiger charge is -2.44. The van der Waals surface area contributed by atoms with Crippen LogP contribution in [0.1, 0.15) is 24.2 Å². The Kier molecular flexibility index (Phi) is 3.94. The van der Waals surface area contributed by atoms with Crippen LogP contribution in [-0.2, 0) is 4.74 Å². The molecule has 1 aliphatic rings. The molecule has 1 fully saturated rings. The van der Waals surface area contributed by atoms with Gasteiger partial charge in [-0.15, -0.1) is 0 Å². The first-order chi connectivity index (χ1) is 9.41. The molecule has 0 bridgehead atoms. The third-order valence-electron chi connectivity index (χ3n) is 2.91. The maximum absolute atomic E-state index is 12.0. The van der Waals surface area contributed by atoms with Crippen LogP contribution in [0.25, 0.3) is 0 Å². The lowest BCUT2D eigenvalue weighted by atomic mass is 9.96. The van der Waals surface area contributed by atoms with Crippen LogP contribution in [0.2, 0.25) is 0 Å². The monoisotopic (exact) mass is 279 g/mol. The minimum atomic E-state index is -0.789. The fourth-order valence-corrected chi connectivity index (χ4v) is 2.01. The number of carbonyl (C=O) groups excluding carboxylic acids is 2. The molecule has 1 saturated heterocycles. The quantitative estimate of drug-likeness (QED) is 0.669. The third-order valence-corrected chi connectivity index (χ3v) is 2.91. The summed E-state index contributed by atoms with van der Waals surface area (Å²) in [4.78, 5) is 24.7. The average molecular weight is 279 g/mol. The average Bonchev–Trinajstić information content (AvgIpc) is 2.36. The standard InChI is InChI=1S/C14H17NO5/c1-3-19-13(17)20-11-6-4-10(5-7-11)12(16)15-8-14(2,18)9-15/h4-7,18H,3,8-9H2,1-2H3. The minimum Gasteiger partial charge on any atom is -0.434 e. The Morgan fingerprint density at radius 3 is 2.40 bits per heavy atom. The summed E-state index contributed by atoms with van der Waals surface area (Å²) in [6, 6.07) is 6.21. The first kappa shape index (κ1) is 14.3. The molecule has 1 aromatic carbocycles. The number of rotatable bonds is 3. The van der Waals surface area contributed by atoms with E-state index in [1.165, 1.54) is 12.1 Å². The second kappa shape index (κ2) is 5.50. The summed E-state index contributed by atoms with van der Waals surface area (Å²) < 4.78 is 9.54. The van der Waals surface area contributed by atoms with Gasteiger partial charge in [0.2, 0.25) is 0 Å². The SMILES string of the molecule is CCOC(=O)Oc1ccc(C(=O)N2CC(C)(O)C2)cc1. The Hall–Kier alpha value is -2.08. The normalized spacial score (nSPS) is 16.2. The zero-order valence-electron chi connectivity index (χ0n) is 11.5. The van der Waals surface area contributed by atoms with E-state index in [4.69, 9.17) is 4.74 Å². The van der Waals surface area contributed by atoms with Gasteiger partial charge in [-0.3, -0.25) is 4.79 Å². The number of β-amino-alcohol motifs (C(OH)–C–C–N with tert-alkyl or cyclic N) is 1. The van der Waals surface area contributed by atoms with Gasteiger partial charge >= 0.3 is 6.16 Å². The molecule has 1 aromatic rings. The number of amides is 1. The first-order valence-corrected chi connectivity index (χ1v) is 6.37. The molecular weight excluding hydrogens is 262 g/mol. The van der Waals surface area contributed by atoms with Crippen molar-refractivity contribution in [3.05, 3.63) is 29.8 Å². The fourth-order valence-electron chi connectivity index (χ4n) is 2.01. The van der Waals surface area contributed by atoms with Gasteiger partial charge in [0.1, 0.15) is 5.75 Å². The third kappa shape index (κ3) is 3.27. The van der Waals surface area contributed by atoms with Gasteiger partial charge in [-0.1, -0.05) is 0 Å². The van der Waals surface area contributed by atoms with E-state index in [0.29, 0.717) is 24.4 Å². The lowest BCUT2D eigenvalue weighted by Crippen LogP contribution is -2.61.